The number of ketones is 1. The molecule has 1 aromatic heterocycles. The van der Waals surface area contributed by atoms with Crippen LogP contribution in [-0.4, -0.2) is 61.9 Å². The molecule has 2 N–H and O–H groups in total. The predicted molar refractivity (Wildman–Crippen MR) is 212 cm³/mol. The summed E-state index contributed by atoms with van der Waals surface area (Å²) in [6.45, 7) is 35.6. The van der Waals surface area contributed by atoms with Crippen molar-refractivity contribution in [3.8, 4) is 0 Å². The fourth-order valence-electron chi connectivity index (χ4n) is 5.50. The molecule has 0 amide bonds. The number of carbonyl (C=O) groups is 2. The lowest BCUT2D eigenvalue weighted by molar-refractivity contribution is -0.146. The fraction of sp³-hybridized carbons (Fsp3) is 0.769. The number of aliphatic hydroxyl groups excluding tert-OH is 1. The summed E-state index contributed by atoms with van der Waals surface area (Å²) in [6, 6.07) is 0. The Labute approximate surface area is 305 Å². The highest BCUT2D eigenvalue weighted by molar-refractivity contribution is 7.09. The topological polar surface area (TPSA) is 106 Å². The van der Waals surface area contributed by atoms with Crippen molar-refractivity contribution in [1.82, 2.24) is 4.98 Å². The Balaban J connectivity index is 3.20. The second kappa shape index (κ2) is 17.9. The third kappa shape index (κ3) is 13.6. The standard InChI is InChI=1S/C39H71NO6SSi2/c1-26(21-22-32(41)28(3)23-31-25-47-30(5)40-31)19-18-20-27(2)35(46-49(16,17)38(9,10)11)29(4)36(44)39(12,13)33(24-34(42)43)45-48(14,15)37(6,7)8/h21,23,25,27,29,32-33,35,41H,18-20,22,24H2,1-17H3,(H,42,43)/b26-21-,28-23+. The summed E-state index contributed by atoms with van der Waals surface area (Å²) in [5.74, 6) is -1.31. The van der Waals surface area contributed by atoms with Crippen LogP contribution in [-0.2, 0) is 18.4 Å². The van der Waals surface area contributed by atoms with E-state index >= 15 is 0 Å². The lowest BCUT2D eigenvalue weighted by Gasteiger charge is -2.46. The molecule has 0 aliphatic heterocycles. The lowest BCUT2D eigenvalue weighted by Crippen LogP contribution is -2.54. The summed E-state index contributed by atoms with van der Waals surface area (Å²) in [6.07, 6.45) is 5.52. The number of allylic oxidation sites excluding steroid dienone is 1. The molecule has 1 heterocycles. The van der Waals surface area contributed by atoms with Gasteiger partial charge in [0.2, 0.25) is 0 Å². The Hall–Kier alpha value is -1.44. The SMILES string of the molecule is C/C(=C/CC(O)/C(C)=C/c1csc(C)n1)CCCC(C)C(O[Si](C)(C)C(C)(C)C)C(C)C(=O)C(C)(C)C(CC(=O)O)O[Si](C)(C)C(C)(C)C. The summed E-state index contributed by atoms with van der Waals surface area (Å²) >= 11 is 1.60. The van der Waals surface area contributed by atoms with Gasteiger partial charge in [-0.15, -0.1) is 11.3 Å². The Morgan fingerprint density at radius 3 is 1.96 bits per heavy atom. The molecule has 282 valence electrons. The summed E-state index contributed by atoms with van der Waals surface area (Å²) in [7, 11) is -4.63. The average Bonchev–Trinajstić information content (AvgIpc) is 3.35. The summed E-state index contributed by atoms with van der Waals surface area (Å²) in [4.78, 5) is 31.1. The van der Waals surface area contributed by atoms with Gasteiger partial charge in [-0.3, -0.25) is 9.59 Å². The smallest absolute Gasteiger partial charge is 0.305 e. The largest absolute Gasteiger partial charge is 0.481 e. The van der Waals surface area contributed by atoms with Gasteiger partial charge in [0, 0.05) is 16.7 Å². The van der Waals surface area contributed by atoms with Gasteiger partial charge >= 0.3 is 5.97 Å². The van der Waals surface area contributed by atoms with E-state index in [1.807, 2.05) is 46.1 Å². The number of carboxylic acids is 1. The predicted octanol–water partition coefficient (Wildman–Crippen LogP) is 10.8. The van der Waals surface area contributed by atoms with Gasteiger partial charge in [0.05, 0.1) is 35.4 Å². The first kappa shape index (κ1) is 45.6. The number of aryl methyl sites for hydroxylation is 1. The Kier molecular flexibility index (Phi) is 16.6. The average molecular weight is 738 g/mol. The van der Waals surface area contributed by atoms with E-state index < -0.39 is 46.1 Å². The van der Waals surface area contributed by atoms with Crippen LogP contribution in [0.2, 0.25) is 36.3 Å². The molecule has 0 saturated heterocycles. The number of hydrogen-bond donors (Lipinski definition) is 2. The first-order valence-corrected chi connectivity index (χ1v) is 24.8. The molecule has 1 aromatic rings. The molecule has 0 bridgehead atoms. The van der Waals surface area contributed by atoms with E-state index in [1.165, 1.54) is 5.57 Å². The van der Waals surface area contributed by atoms with Gasteiger partial charge in [0.15, 0.2) is 16.6 Å². The Morgan fingerprint density at radius 1 is 0.959 bits per heavy atom. The number of aliphatic carboxylic acids is 1. The normalized spacial score (nSPS) is 17.4. The zero-order valence-corrected chi connectivity index (χ0v) is 36.9. The van der Waals surface area contributed by atoms with E-state index in [0.717, 1.165) is 35.5 Å². The molecular weight excluding hydrogens is 667 g/mol. The number of Topliss-reactive ketones (excluding diaryl/α,β-unsaturated/α-hetero) is 1. The molecule has 1 rings (SSSR count). The maximum Gasteiger partial charge on any atom is 0.305 e. The molecule has 7 nitrogen and oxygen atoms in total. The highest BCUT2D eigenvalue weighted by Crippen LogP contribution is 2.44. The zero-order valence-electron chi connectivity index (χ0n) is 34.0. The van der Waals surface area contributed by atoms with Crippen molar-refractivity contribution < 1.29 is 28.7 Å². The zero-order chi connectivity index (χ0) is 38.3. The molecule has 0 aliphatic carbocycles. The second-order valence-corrected chi connectivity index (χ2v) is 28.6. The number of thiazole rings is 1. The minimum Gasteiger partial charge on any atom is -0.481 e. The first-order chi connectivity index (χ1) is 22.0. The molecule has 5 atom stereocenters. The van der Waals surface area contributed by atoms with Crippen molar-refractivity contribution in [3.05, 3.63) is 33.3 Å². The van der Waals surface area contributed by atoms with Crippen molar-refractivity contribution in [3.63, 3.8) is 0 Å². The van der Waals surface area contributed by atoms with Crippen LogP contribution in [0.3, 0.4) is 0 Å². The van der Waals surface area contributed by atoms with Crippen molar-refractivity contribution in [2.45, 2.75) is 177 Å². The maximum absolute atomic E-state index is 14.5. The van der Waals surface area contributed by atoms with Gasteiger partial charge in [0.1, 0.15) is 5.78 Å². The van der Waals surface area contributed by atoms with Crippen molar-refractivity contribution >= 4 is 45.8 Å². The fourth-order valence-corrected chi connectivity index (χ4v) is 8.99. The lowest BCUT2D eigenvalue weighted by atomic mass is 9.73. The monoisotopic (exact) mass is 737 g/mol. The number of aliphatic hydroxyl groups is 1. The molecule has 49 heavy (non-hydrogen) atoms. The first-order valence-electron chi connectivity index (χ1n) is 18.1. The Bertz CT molecular complexity index is 1300. The van der Waals surface area contributed by atoms with Gasteiger partial charge < -0.3 is 19.1 Å². The molecule has 0 aromatic carbocycles. The molecule has 0 fully saturated rings. The van der Waals surface area contributed by atoms with Crippen molar-refractivity contribution in [2.75, 3.05) is 0 Å². The number of carboxylic acid groups (broad SMARTS) is 1. The van der Waals surface area contributed by atoms with Gasteiger partial charge in [-0.25, -0.2) is 4.98 Å². The van der Waals surface area contributed by atoms with Gasteiger partial charge in [-0.2, -0.15) is 0 Å². The van der Waals surface area contributed by atoms with Crippen LogP contribution < -0.4 is 0 Å². The van der Waals surface area contributed by atoms with Crippen LogP contribution in [0.4, 0.5) is 0 Å². The number of rotatable bonds is 19. The molecule has 5 unspecified atom stereocenters. The van der Waals surface area contributed by atoms with Crippen LogP contribution in [0.25, 0.3) is 6.08 Å². The van der Waals surface area contributed by atoms with Gasteiger partial charge in [-0.05, 0) is 100 Å². The van der Waals surface area contributed by atoms with Crippen LogP contribution in [0.5, 0.6) is 0 Å². The molecule has 0 radical (unpaired) electrons. The quantitative estimate of drug-likeness (QED) is 0.108. The van der Waals surface area contributed by atoms with E-state index in [9.17, 15) is 19.8 Å². The van der Waals surface area contributed by atoms with E-state index in [0.29, 0.717) is 6.42 Å². The van der Waals surface area contributed by atoms with Crippen LogP contribution in [0.15, 0.2) is 22.6 Å². The van der Waals surface area contributed by atoms with Crippen molar-refractivity contribution in [2.24, 2.45) is 17.3 Å². The molecule has 0 saturated carbocycles. The molecule has 0 aliphatic rings. The van der Waals surface area contributed by atoms with E-state index in [2.05, 4.69) is 92.6 Å². The number of hydrogen-bond acceptors (Lipinski definition) is 7. The van der Waals surface area contributed by atoms with E-state index in [4.69, 9.17) is 8.85 Å². The van der Waals surface area contributed by atoms with Gasteiger partial charge in [0.25, 0.3) is 0 Å². The van der Waals surface area contributed by atoms with Gasteiger partial charge in [-0.1, -0.05) is 80.9 Å². The van der Waals surface area contributed by atoms with E-state index in [1.54, 1.807) is 11.3 Å². The molecule has 0 spiro atoms. The number of aromatic nitrogens is 1. The van der Waals surface area contributed by atoms with E-state index in [-0.39, 0.29) is 34.3 Å². The Morgan fingerprint density at radius 2 is 1.49 bits per heavy atom. The van der Waals surface area contributed by atoms with Crippen LogP contribution in [0, 0.1) is 24.2 Å². The molecule has 10 heteroatoms. The second-order valence-electron chi connectivity index (χ2n) is 18.0. The summed E-state index contributed by atoms with van der Waals surface area (Å²) < 4.78 is 13.8. The number of nitrogens with zero attached hydrogens (tertiary/aromatic N) is 1. The minimum absolute atomic E-state index is 0.00526. The highest BCUT2D eigenvalue weighted by atomic mass is 32.1. The minimum atomic E-state index is -2.37. The maximum atomic E-state index is 14.5. The van der Waals surface area contributed by atoms with Crippen molar-refractivity contribution in [1.29, 1.82) is 0 Å². The summed E-state index contributed by atoms with van der Waals surface area (Å²) in [5, 5.41) is 23.5. The number of carbonyl (C=O) groups excluding carboxylic acids is 1. The highest BCUT2D eigenvalue weighted by Gasteiger charge is 2.49. The third-order valence-corrected chi connectivity index (χ3v) is 21.0. The van der Waals surface area contributed by atoms with Crippen LogP contribution >= 0.6 is 11.3 Å². The van der Waals surface area contributed by atoms with Crippen LogP contribution in [0.1, 0.15) is 126 Å². The third-order valence-electron chi connectivity index (χ3n) is 11.2. The summed E-state index contributed by atoms with van der Waals surface area (Å²) in [5.41, 5.74) is 2.00. The molecular formula is C39H71NO6SSi2.